The average Bonchev–Trinajstić information content (AvgIpc) is 3.01. The van der Waals surface area contributed by atoms with E-state index in [1.165, 1.54) is 7.11 Å². The molecule has 1 saturated heterocycles. The monoisotopic (exact) mass is 385 g/mol. The highest BCUT2D eigenvalue weighted by Gasteiger charge is 2.46. The number of nitrogens with one attached hydrogen (secondary N) is 1. The minimum atomic E-state index is -0.966. The van der Waals surface area contributed by atoms with Gasteiger partial charge in [0.2, 0.25) is 0 Å². The third kappa shape index (κ3) is 5.31. The predicted octanol–water partition coefficient (Wildman–Crippen LogP) is 2.44. The number of amides is 1. The number of rotatable bonds is 8. The minimum Gasteiger partial charge on any atom is -0.455 e. The molecule has 1 N–H and O–H groups in total. The summed E-state index contributed by atoms with van der Waals surface area (Å²) in [5.74, 6) is -0.572. The second kappa shape index (κ2) is 9.87. The molecule has 3 atom stereocenters. The van der Waals surface area contributed by atoms with Gasteiger partial charge in [0.05, 0.1) is 13.2 Å². The summed E-state index contributed by atoms with van der Waals surface area (Å²) in [5.41, 5.74) is 1.80. The summed E-state index contributed by atoms with van der Waals surface area (Å²) < 4.78 is 21.5. The first-order valence-corrected chi connectivity index (χ1v) is 8.99. The first kappa shape index (κ1) is 19.9. The molecule has 0 unspecified atom stereocenters. The summed E-state index contributed by atoms with van der Waals surface area (Å²) in [5, 5.41) is 2.56. The molecule has 148 valence electrons. The number of esters is 1. The van der Waals surface area contributed by atoms with Crippen LogP contribution in [0.4, 0.5) is 4.79 Å². The lowest BCUT2D eigenvalue weighted by atomic mass is 10.1. The maximum absolute atomic E-state index is 12.3. The topological polar surface area (TPSA) is 83.1 Å². The molecule has 3 rings (SSSR count). The van der Waals surface area contributed by atoms with E-state index >= 15 is 0 Å². The second-order valence-corrected chi connectivity index (χ2v) is 6.38. The van der Waals surface area contributed by atoms with Crippen molar-refractivity contribution >= 4 is 12.1 Å². The van der Waals surface area contributed by atoms with Gasteiger partial charge in [0.1, 0.15) is 12.7 Å². The highest BCUT2D eigenvalue weighted by molar-refractivity contribution is 5.84. The van der Waals surface area contributed by atoms with Crippen LogP contribution < -0.4 is 5.32 Å². The van der Waals surface area contributed by atoms with Crippen molar-refractivity contribution in [2.24, 2.45) is 0 Å². The Labute approximate surface area is 163 Å². The molecule has 0 spiro atoms. The molecule has 7 heteroatoms. The van der Waals surface area contributed by atoms with Crippen LogP contribution in [0.15, 0.2) is 60.7 Å². The number of hydrogen-bond acceptors (Lipinski definition) is 6. The lowest BCUT2D eigenvalue weighted by Gasteiger charge is -2.21. The van der Waals surface area contributed by atoms with Crippen molar-refractivity contribution < 1.29 is 28.5 Å². The highest BCUT2D eigenvalue weighted by atomic mass is 16.6. The van der Waals surface area contributed by atoms with Crippen molar-refractivity contribution in [3.63, 3.8) is 0 Å². The molecule has 2 aromatic rings. The van der Waals surface area contributed by atoms with Crippen molar-refractivity contribution in [2.45, 2.75) is 31.5 Å². The summed E-state index contributed by atoms with van der Waals surface area (Å²) in [6.45, 7) is 0.549. The van der Waals surface area contributed by atoms with Crippen LogP contribution in [0.25, 0.3) is 0 Å². The molecule has 1 aliphatic heterocycles. The van der Waals surface area contributed by atoms with Crippen LogP contribution in [0.1, 0.15) is 11.1 Å². The van der Waals surface area contributed by atoms with E-state index in [-0.39, 0.29) is 19.8 Å². The third-order valence-electron chi connectivity index (χ3n) is 4.32. The van der Waals surface area contributed by atoms with Crippen molar-refractivity contribution in [3.05, 3.63) is 71.8 Å². The average molecular weight is 385 g/mol. The Balaban J connectivity index is 1.60. The van der Waals surface area contributed by atoms with Gasteiger partial charge in [-0.1, -0.05) is 60.7 Å². The van der Waals surface area contributed by atoms with Crippen LogP contribution in [0, 0.1) is 0 Å². The summed E-state index contributed by atoms with van der Waals surface area (Å²) in [4.78, 5) is 24.4. The van der Waals surface area contributed by atoms with E-state index in [0.29, 0.717) is 0 Å². The van der Waals surface area contributed by atoms with E-state index in [9.17, 15) is 9.59 Å². The molecule has 2 aromatic carbocycles. The molecule has 1 fully saturated rings. The highest BCUT2D eigenvalue weighted by Crippen LogP contribution is 2.21. The molecule has 0 aromatic heterocycles. The number of methoxy groups -OCH3 is 1. The number of carbonyl (C=O) groups is 2. The molecule has 1 aliphatic rings. The summed E-state index contributed by atoms with van der Waals surface area (Å²) >= 11 is 0. The molecular weight excluding hydrogens is 362 g/mol. The zero-order valence-electron chi connectivity index (χ0n) is 15.6. The molecule has 0 bridgehead atoms. The Morgan fingerprint density at radius 3 is 2.21 bits per heavy atom. The fraction of sp³-hybridized carbons (Fsp3) is 0.333. The number of alkyl carbamates (subject to hydrolysis) is 1. The van der Waals surface area contributed by atoms with Gasteiger partial charge in [-0.3, -0.25) is 0 Å². The minimum absolute atomic E-state index is 0.103. The van der Waals surface area contributed by atoms with Gasteiger partial charge in [-0.15, -0.1) is 0 Å². The van der Waals surface area contributed by atoms with Gasteiger partial charge in [0.25, 0.3) is 0 Å². The fourth-order valence-electron chi connectivity index (χ4n) is 2.93. The van der Waals surface area contributed by atoms with Crippen molar-refractivity contribution in [3.8, 4) is 0 Å². The molecular formula is C21H23NO6. The largest absolute Gasteiger partial charge is 0.455 e. The standard InChI is InChI=1S/C21H23NO6/c1-25-14-17-19(26-12-15-8-4-2-5-9-15)18(20(23)28-17)22-21(24)27-13-16-10-6-3-7-11-16/h2-11,17-19H,12-14H2,1H3,(H,22,24)/t17-,18+,19-/m1/s1. The molecule has 28 heavy (non-hydrogen) atoms. The summed E-state index contributed by atoms with van der Waals surface area (Å²) in [6, 6.07) is 17.9. The zero-order chi connectivity index (χ0) is 19.8. The maximum Gasteiger partial charge on any atom is 0.408 e. The zero-order valence-corrected chi connectivity index (χ0v) is 15.6. The Kier molecular flexibility index (Phi) is 7.00. The number of ether oxygens (including phenoxy) is 4. The van der Waals surface area contributed by atoms with Crippen molar-refractivity contribution in [1.82, 2.24) is 5.32 Å². The van der Waals surface area contributed by atoms with E-state index in [0.717, 1.165) is 11.1 Å². The maximum atomic E-state index is 12.3. The third-order valence-corrected chi connectivity index (χ3v) is 4.32. The van der Waals surface area contributed by atoms with Gasteiger partial charge >= 0.3 is 12.1 Å². The Morgan fingerprint density at radius 2 is 1.61 bits per heavy atom. The van der Waals surface area contributed by atoms with Gasteiger partial charge in [-0.05, 0) is 11.1 Å². The molecule has 1 heterocycles. The van der Waals surface area contributed by atoms with Crippen LogP contribution >= 0.6 is 0 Å². The van der Waals surface area contributed by atoms with Crippen LogP contribution in [0.5, 0.6) is 0 Å². The van der Waals surface area contributed by atoms with Gasteiger partial charge < -0.3 is 24.3 Å². The van der Waals surface area contributed by atoms with E-state index in [4.69, 9.17) is 18.9 Å². The molecule has 7 nitrogen and oxygen atoms in total. The van der Waals surface area contributed by atoms with E-state index < -0.39 is 30.3 Å². The summed E-state index contributed by atoms with van der Waals surface area (Å²) in [7, 11) is 1.51. The van der Waals surface area contributed by atoms with E-state index in [1.807, 2.05) is 60.7 Å². The van der Waals surface area contributed by atoms with E-state index in [1.54, 1.807) is 0 Å². The first-order chi connectivity index (χ1) is 13.7. The van der Waals surface area contributed by atoms with Crippen LogP contribution in [0.3, 0.4) is 0 Å². The number of carbonyl (C=O) groups excluding carboxylic acids is 2. The van der Waals surface area contributed by atoms with Crippen molar-refractivity contribution in [1.29, 1.82) is 0 Å². The summed E-state index contributed by atoms with van der Waals surface area (Å²) in [6.07, 6.45) is -2.00. The quantitative estimate of drug-likeness (QED) is 0.703. The Bertz CT molecular complexity index is 767. The van der Waals surface area contributed by atoms with Gasteiger partial charge in [-0.2, -0.15) is 0 Å². The smallest absolute Gasteiger partial charge is 0.408 e. The lowest BCUT2D eigenvalue weighted by Crippen LogP contribution is -2.48. The normalized spacial score (nSPS) is 21.2. The lowest BCUT2D eigenvalue weighted by molar-refractivity contribution is -0.145. The Morgan fingerprint density at radius 1 is 1.00 bits per heavy atom. The molecule has 1 amide bonds. The van der Waals surface area contributed by atoms with Gasteiger partial charge in [0.15, 0.2) is 12.1 Å². The fourth-order valence-corrected chi connectivity index (χ4v) is 2.93. The van der Waals surface area contributed by atoms with Crippen LogP contribution in [0.2, 0.25) is 0 Å². The number of benzene rings is 2. The molecule has 0 aliphatic carbocycles. The molecule has 0 saturated carbocycles. The molecule has 0 radical (unpaired) electrons. The van der Waals surface area contributed by atoms with Gasteiger partial charge in [0, 0.05) is 7.11 Å². The number of hydrogen-bond donors (Lipinski definition) is 1. The predicted molar refractivity (Wildman–Crippen MR) is 100 cm³/mol. The first-order valence-electron chi connectivity index (χ1n) is 8.99. The van der Waals surface area contributed by atoms with Crippen LogP contribution in [-0.4, -0.2) is 44.0 Å². The van der Waals surface area contributed by atoms with Crippen molar-refractivity contribution in [2.75, 3.05) is 13.7 Å². The second-order valence-electron chi connectivity index (χ2n) is 6.38. The van der Waals surface area contributed by atoms with Gasteiger partial charge in [-0.25, -0.2) is 9.59 Å². The van der Waals surface area contributed by atoms with Crippen LogP contribution in [-0.2, 0) is 37.0 Å². The SMILES string of the molecule is COC[C@H]1OC(=O)[C@@H](NC(=O)OCc2ccccc2)[C@@H]1OCc1ccccc1. The Hall–Kier alpha value is -2.90. The number of cyclic esters (lactones) is 1. The van der Waals surface area contributed by atoms with E-state index in [2.05, 4.69) is 5.32 Å².